The summed E-state index contributed by atoms with van der Waals surface area (Å²) in [5.74, 6) is 0. The molecule has 0 aromatic rings. The van der Waals surface area contributed by atoms with Gasteiger partial charge in [-0.3, -0.25) is 0 Å². The molecule has 0 fully saturated rings. The van der Waals surface area contributed by atoms with Gasteiger partial charge >= 0.3 is 0 Å². The summed E-state index contributed by atoms with van der Waals surface area (Å²) in [5, 5.41) is 0. The van der Waals surface area contributed by atoms with Crippen LogP contribution in [0.25, 0.3) is 0 Å². The van der Waals surface area contributed by atoms with Crippen LogP contribution < -0.4 is 0 Å². The Morgan fingerprint density at radius 1 is 0.733 bits per heavy atom. The standard InChI is InChI=1S/C15H24/c1-7-13(4)9-11-15(6)14(5)10-8-12(2)3/h8-11H,7H2,1-6H3/b13-9-,14-10+,15-11+. The maximum absolute atomic E-state index is 2.20. The summed E-state index contributed by atoms with van der Waals surface area (Å²) < 4.78 is 0. The van der Waals surface area contributed by atoms with Crippen molar-refractivity contribution < 1.29 is 0 Å². The minimum atomic E-state index is 1.13. The van der Waals surface area contributed by atoms with Crippen LogP contribution in [-0.4, -0.2) is 0 Å². The van der Waals surface area contributed by atoms with E-state index in [2.05, 4.69) is 65.8 Å². The third-order valence-corrected chi connectivity index (χ3v) is 2.46. The predicted molar refractivity (Wildman–Crippen MR) is 71.0 cm³/mol. The van der Waals surface area contributed by atoms with Crippen molar-refractivity contribution in [2.75, 3.05) is 0 Å². The number of hydrogen-bond donors (Lipinski definition) is 0. The van der Waals surface area contributed by atoms with E-state index in [0.29, 0.717) is 0 Å². The Balaban J connectivity index is 4.64. The fourth-order valence-corrected chi connectivity index (χ4v) is 0.940. The van der Waals surface area contributed by atoms with Crippen molar-refractivity contribution in [1.29, 1.82) is 0 Å². The van der Waals surface area contributed by atoms with E-state index in [1.165, 1.54) is 22.3 Å². The molecule has 0 amide bonds. The van der Waals surface area contributed by atoms with Gasteiger partial charge in [0.05, 0.1) is 0 Å². The molecule has 15 heavy (non-hydrogen) atoms. The topological polar surface area (TPSA) is 0 Å². The molecule has 0 heteroatoms. The van der Waals surface area contributed by atoms with E-state index in [1.54, 1.807) is 0 Å². The minimum Gasteiger partial charge on any atom is -0.0764 e. The molecule has 0 aromatic carbocycles. The van der Waals surface area contributed by atoms with Gasteiger partial charge in [-0.2, -0.15) is 0 Å². The zero-order valence-electron chi connectivity index (χ0n) is 11.0. The van der Waals surface area contributed by atoms with Crippen LogP contribution in [0.4, 0.5) is 0 Å². The monoisotopic (exact) mass is 204 g/mol. The van der Waals surface area contributed by atoms with E-state index in [0.717, 1.165) is 6.42 Å². The third-order valence-electron chi connectivity index (χ3n) is 2.46. The molecule has 0 saturated heterocycles. The number of hydrogen-bond acceptors (Lipinski definition) is 0. The first-order chi connectivity index (χ1) is 6.97. The Kier molecular flexibility index (Phi) is 6.77. The van der Waals surface area contributed by atoms with Crippen LogP contribution in [0, 0.1) is 0 Å². The fraction of sp³-hybridized carbons (Fsp3) is 0.467. The highest BCUT2D eigenvalue weighted by atomic mass is 14.0. The molecule has 0 heterocycles. The average molecular weight is 204 g/mol. The lowest BCUT2D eigenvalue weighted by Gasteiger charge is -1.99. The Morgan fingerprint density at radius 2 is 1.20 bits per heavy atom. The lowest BCUT2D eigenvalue weighted by molar-refractivity contribution is 1.10. The van der Waals surface area contributed by atoms with Crippen LogP contribution in [-0.2, 0) is 0 Å². The van der Waals surface area contributed by atoms with Crippen molar-refractivity contribution in [3.63, 3.8) is 0 Å². The van der Waals surface area contributed by atoms with Crippen molar-refractivity contribution in [3.8, 4) is 0 Å². The first kappa shape index (κ1) is 14.0. The summed E-state index contributed by atoms with van der Waals surface area (Å²) in [6.07, 6.45) is 9.86. The second-order valence-corrected chi connectivity index (χ2v) is 4.31. The van der Waals surface area contributed by atoms with Gasteiger partial charge in [0.15, 0.2) is 0 Å². The van der Waals surface area contributed by atoms with Gasteiger partial charge in [0.1, 0.15) is 0 Å². The van der Waals surface area contributed by atoms with Crippen LogP contribution in [0.15, 0.2) is 46.6 Å². The quantitative estimate of drug-likeness (QED) is 0.552. The molecule has 0 bridgehead atoms. The molecule has 0 radical (unpaired) electrons. The summed E-state index contributed by atoms with van der Waals surface area (Å²) in [5.41, 5.74) is 5.42. The first-order valence-electron chi connectivity index (χ1n) is 5.63. The molecule has 84 valence electrons. The average Bonchev–Trinajstić information content (AvgIpc) is 2.21. The Morgan fingerprint density at radius 3 is 1.60 bits per heavy atom. The van der Waals surface area contributed by atoms with Gasteiger partial charge in [-0.15, -0.1) is 0 Å². The van der Waals surface area contributed by atoms with Crippen molar-refractivity contribution in [1.82, 2.24) is 0 Å². The van der Waals surface area contributed by atoms with Gasteiger partial charge in [0.25, 0.3) is 0 Å². The maximum atomic E-state index is 2.20. The highest BCUT2D eigenvalue weighted by molar-refractivity contribution is 5.34. The molecule has 0 atom stereocenters. The van der Waals surface area contributed by atoms with Crippen molar-refractivity contribution >= 4 is 0 Å². The van der Waals surface area contributed by atoms with Gasteiger partial charge in [0, 0.05) is 0 Å². The summed E-state index contributed by atoms with van der Waals surface area (Å²) in [6, 6.07) is 0. The van der Waals surface area contributed by atoms with Gasteiger partial charge in [-0.25, -0.2) is 0 Å². The fourth-order valence-electron chi connectivity index (χ4n) is 0.940. The normalized spacial score (nSPS) is 14.1. The molecule has 0 rings (SSSR count). The highest BCUT2D eigenvalue weighted by Gasteiger charge is 1.90. The third kappa shape index (κ3) is 6.96. The molecule has 0 nitrogen and oxygen atoms in total. The Hall–Kier alpha value is -1.04. The van der Waals surface area contributed by atoms with Gasteiger partial charge in [-0.05, 0) is 52.2 Å². The molecule has 0 unspecified atom stereocenters. The SMILES string of the molecule is CC\C(C)=C/C=C(C)/C(C)=C/C=C(C)C. The molecular formula is C15H24. The van der Waals surface area contributed by atoms with Crippen LogP contribution in [0.3, 0.4) is 0 Å². The van der Waals surface area contributed by atoms with E-state index in [9.17, 15) is 0 Å². The molecule has 0 aliphatic carbocycles. The van der Waals surface area contributed by atoms with E-state index >= 15 is 0 Å². The first-order valence-corrected chi connectivity index (χ1v) is 5.63. The van der Waals surface area contributed by atoms with Gasteiger partial charge < -0.3 is 0 Å². The highest BCUT2D eigenvalue weighted by Crippen LogP contribution is 2.10. The Bertz CT molecular complexity index is 305. The van der Waals surface area contributed by atoms with Crippen molar-refractivity contribution in [2.45, 2.75) is 48.0 Å². The largest absolute Gasteiger partial charge is 0.0764 e. The maximum Gasteiger partial charge on any atom is -0.0349 e. The van der Waals surface area contributed by atoms with Crippen LogP contribution in [0.2, 0.25) is 0 Å². The zero-order chi connectivity index (χ0) is 11.8. The second kappa shape index (κ2) is 7.28. The van der Waals surface area contributed by atoms with Crippen molar-refractivity contribution in [2.24, 2.45) is 0 Å². The summed E-state index contributed by atoms with van der Waals surface area (Å²) >= 11 is 0. The molecular weight excluding hydrogens is 180 g/mol. The smallest absolute Gasteiger partial charge is 0.0349 e. The van der Waals surface area contributed by atoms with Crippen LogP contribution >= 0.6 is 0 Å². The number of rotatable bonds is 4. The lowest BCUT2D eigenvalue weighted by Crippen LogP contribution is -1.79. The van der Waals surface area contributed by atoms with E-state index in [-0.39, 0.29) is 0 Å². The molecule has 0 aromatic heterocycles. The summed E-state index contributed by atoms with van der Waals surface area (Å²) in [6.45, 7) is 12.9. The van der Waals surface area contributed by atoms with Gasteiger partial charge in [0.2, 0.25) is 0 Å². The Labute approximate surface area is 95.1 Å². The van der Waals surface area contributed by atoms with E-state index in [4.69, 9.17) is 0 Å². The summed E-state index contributed by atoms with van der Waals surface area (Å²) in [4.78, 5) is 0. The minimum absolute atomic E-state index is 1.13. The molecule has 0 aliphatic heterocycles. The lowest BCUT2D eigenvalue weighted by atomic mass is 10.1. The molecule has 0 N–H and O–H groups in total. The van der Waals surface area contributed by atoms with E-state index in [1.807, 2.05) is 0 Å². The van der Waals surface area contributed by atoms with E-state index < -0.39 is 0 Å². The predicted octanol–water partition coefficient (Wildman–Crippen LogP) is 5.20. The molecule has 0 saturated carbocycles. The molecule has 0 aliphatic rings. The van der Waals surface area contributed by atoms with Crippen LogP contribution in [0.1, 0.15) is 48.0 Å². The molecule has 0 spiro atoms. The second-order valence-electron chi connectivity index (χ2n) is 4.31. The zero-order valence-corrected chi connectivity index (χ0v) is 11.0. The van der Waals surface area contributed by atoms with Crippen molar-refractivity contribution in [3.05, 3.63) is 46.6 Å². The number of allylic oxidation sites excluding steroid dienone is 8. The van der Waals surface area contributed by atoms with Gasteiger partial charge in [-0.1, -0.05) is 42.4 Å². The van der Waals surface area contributed by atoms with Crippen LogP contribution in [0.5, 0.6) is 0 Å². The summed E-state index contributed by atoms with van der Waals surface area (Å²) in [7, 11) is 0.